The molecule has 9 heteroatoms. The minimum atomic E-state index is -4.47. The van der Waals surface area contributed by atoms with E-state index < -0.39 is 17.8 Å². The predicted molar refractivity (Wildman–Crippen MR) is 89.4 cm³/mol. The summed E-state index contributed by atoms with van der Waals surface area (Å²) in [5.74, 6) is 0. The standard InChI is InChI=1S/C16H11F3N4OS/c17-16(18,19)11-4-1-5-12(7-11)21-14(24)23-15-22-13(9-25-15)10-3-2-6-20-8-10/h1-9H,(H2,21,22,23,24). The summed E-state index contributed by atoms with van der Waals surface area (Å²) in [6, 6.07) is 7.31. The van der Waals surface area contributed by atoms with Crippen molar-refractivity contribution in [2.24, 2.45) is 0 Å². The van der Waals surface area contributed by atoms with Gasteiger partial charge in [0.1, 0.15) is 0 Å². The third-order valence-electron chi connectivity index (χ3n) is 3.13. The van der Waals surface area contributed by atoms with E-state index in [-0.39, 0.29) is 5.69 Å². The quantitative estimate of drug-likeness (QED) is 0.697. The molecular weight excluding hydrogens is 353 g/mol. The molecule has 0 saturated carbocycles. The number of carbonyl (C=O) groups is 1. The number of anilines is 2. The van der Waals surface area contributed by atoms with Crippen molar-refractivity contribution in [2.45, 2.75) is 6.18 Å². The number of alkyl halides is 3. The maximum Gasteiger partial charge on any atom is 0.416 e. The van der Waals surface area contributed by atoms with Crippen LogP contribution in [0.15, 0.2) is 54.2 Å². The highest BCUT2D eigenvalue weighted by atomic mass is 32.1. The lowest BCUT2D eigenvalue weighted by molar-refractivity contribution is -0.137. The molecule has 1 aromatic carbocycles. The highest BCUT2D eigenvalue weighted by Crippen LogP contribution is 2.30. The van der Waals surface area contributed by atoms with Gasteiger partial charge in [0.15, 0.2) is 5.13 Å². The third kappa shape index (κ3) is 4.32. The van der Waals surface area contributed by atoms with Crippen molar-refractivity contribution in [2.75, 3.05) is 10.6 Å². The van der Waals surface area contributed by atoms with Gasteiger partial charge in [0.05, 0.1) is 11.3 Å². The van der Waals surface area contributed by atoms with Gasteiger partial charge in [-0.05, 0) is 30.3 Å². The fourth-order valence-electron chi connectivity index (χ4n) is 2.01. The van der Waals surface area contributed by atoms with E-state index in [4.69, 9.17) is 0 Å². The number of benzene rings is 1. The molecule has 25 heavy (non-hydrogen) atoms. The number of halogens is 3. The van der Waals surface area contributed by atoms with Gasteiger partial charge < -0.3 is 5.32 Å². The van der Waals surface area contributed by atoms with E-state index in [9.17, 15) is 18.0 Å². The molecule has 0 spiro atoms. The van der Waals surface area contributed by atoms with Gasteiger partial charge in [0.2, 0.25) is 0 Å². The van der Waals surface area contributed by atoms with Gasteiger partial charge in [-0.15, -0.1) is 11.3 Å². The summed E-state index contributed by atoms with van der Waals surface area (Å²) in [4.78, 5) is 20.2. The number of urea groups is 1. The fourth-order valence-corrected chi connectivity index (χ4v) is 2.73. The van der Waals surface area contributed by atoms with E-state index >= 15 is 0 Å². The second kappa shape index (κ2) is 6.89. The maximum absolute atomic E-state index is 12.7. The molecule has 0 atom stereocenters. The van der Waals surface area contributed by atoms with Crippen LogP contribution in [0.1, 0.15) is 5.56 Å². The molecule has 5 nitrogen and oxygen atoms in total. The van der Waals surface area contributed by atoms with Gasteiger partial charge in [-0.1, -0.05) is 6.07 Å². The average molecular weight is 364 g/mol. The predicted octanol–water partition coefficient (Wildman–Crippen LogP) is 4.87. The van der Waals surface area contributed by atoms with Crippen LogP contribution >= 0.6 is 11.3 Å². The molecule has 128 valence electrons. The van der Waals surface area contributed by atoms with E-state index in [1.807, 2.05) is 6.07 Å². The van der Waals surface area contributed by atoms with Crippen LogP contribution in [0.4, 0.5) is 28.8 Å². The van der Waals surface area contributed by atoms with Gasteiger partial charge in [0.25, 0.3) is 0 Å². The fraction of sp³-hybridized carbons (Fsp3) is 0.0625. The first-order valence-corrected chi connectivity index (χ1v) is 7.91. The van der Waals surface area contributed by atoms with Crippen LogP contribution in [-0.2, 0) is 6.18 Å². The first-order valence-electron chi connectivity index (χ1n) is 7.03. The monoisotopic (exact) mass is 364 g/mol. The largest absolute Gasteiger partial charge is 0.416 e. The Morgan fingerprint density at radius 2 is 1.96 bits per heavy atom. The Morgan fingerprint density at radius 3 is 2.68 bits per heavy atom. The molecule has 2 N–H and O–H groups in total. The smallest absolute Gasteiger partial charge is 0.308 e. The van der Waals surface area contributed by atoms with Gasteiger partial charge >= 0.3 is 12.2 Å². The second-order valence-corrected chi connectivity index (χ2v) is 5.80. The molecule has 0 fully saturated rings. The van der Waals surface area contributed by atoms with Crippen LogP contribution in [-0.4, -0.2) is 16.0 Å². The lowest BCUT2D eigenvalue weighted by atomic mass is 10.2. The van der Waals surface area contributed by atoms with E-state index in [0.29, 0.717) is 10.8 Å². The Balaban J connectivity index is 1.67. The SMILES string of the molecule is O=C(Nc1cccc(C(F)(F)F)c1)Nc1nc(-c2cccnc2)cs1. The van der Waals surface area contributed by atoms with E-state index in [0.717, 1.165) is 17.7 Å². The average Bonchev–Trinajstić information content (AvgIpc) is 3.03. The summed E-state index contributed by atoms with van der Waals surface area (Å²) in [7, 11) is 0. The van der Waals surface area contributed by atoms with E-state index in [2.05, 4.69) is 20.6 Å². The lowest BCUT2D eigenvalue weighted by Crippen LogP contribution is -2.19. The molecule has 2 heterocycles. The highest BCUT2D eigenvalue weighted by molar-refractivity contribution is 7.14. The number of hydrogen-bond acceptors (Lipinski definition) is 4. The zero-order chi connectivity index (χ0) is 17.9. The number of thiazole rings is 1. The molecule has 3 aromatic rings. The normalized spacial score (nSPS) is 11.2. The van der Waals surface area contributed by atoms with Gasteiger partial charge in [0, 0.05) is 29.0 Å². The molecule has 0 bridgehead atoms. The van der Waals surface area contributed by atoms with E-state index in [1.54, 1.807) is 23.8 Å². The van der Waals surface area contributed by atoms with Crippen molar-refractivity contribution in [1.82, 2.24) is 9.97 Å². The molecule has 0 aliphatic rings. The Hall–Kier alpha value is -2.94. The Bertz CT molecular complexity index is 880. The van der Waals surface area contributed by atoms with Gasteiger partial charge in [-0.25, -0.2) is 9.78 Å². The summed E-state index contributed by atoms with van der Waals surface area (Å²) < 4.78 is 38.0. The van der Waals surface area contributed by atoms with Crippen molar-refractivity contribution < 1.29 is 18.0 Å². The summed E-state index contributed by atoms with van der Waals surface area (Å²) >= 11 is 1.20. The number of nitrogens with one attached hydrogen (secondary N) is 2. The van der Waals surface area contributed by atoms with E-state index in [1.165, 1.54) is 23.5 Å². The summed E-state index contributed by atoms with van der Waals surface area (Å²) in [5.41, 5.74) is 0.646. The van der Waals surface area contributed by atoms with Crippen LogP contribution in [0.2, 0.25) is 0 Å². The van der Waals surface area contributed by atoms with Gasteiger partial charge in [-0.2, -0.15) is 13.2 Å². The maximum atomic E-state index is 12.7. The Morgan fingerprint density at radius 1 is 1.12 bits per heavy atom. The molecule has 2 amide bonds. The molecule has 0 unspecified atom stereocenters. The number of carbonyl (C=O) groups excluding carboxylic acids is 1. The molecule has 0 aliphatic heterocycles. The first kappa shape index (κ1) is 16.9. The van der Waals surface area contributed by atoms with Crippen LogP contribution in [0.3, 0.4) is 0 Å². The van der Waals surface area contributed by atoms with Crippen molar-refractivity contribution >= 4 is 28.2 Å². The lowest BCUT2D eigenvalue weighted by Gasteiger charge is -2.09. The van der Waals surface area contributed by atoms with Crippen molar-refractivity contribution in [3.63, 3.8) is 0 Å². The minimum Gasteiger partial charge on any atom is -0.308 e. The molecular formula is C16H11F3N4OS. The van der Waals surface area contributed by atoms with Crippen molar-refractivity contribution in [3.8, 4) is 11.3 Å². The number of rotatable bonds is 3. The Kier molecular flexibility index (Phi) is 4.66. The second-order valence-electron chi connectivity index (χ2n) is 4.94. The number of pyridine rings is 1. The van der Waals surface area contributed by atoms with Crippen LogP contribution < -0.4 is 10.6 Å². The van der Waals surface area contributed by atoms with Crippen molar-refractivity contribution in [1.29, 1.82) is 0 Å². The first-order chi connectivity index (χ1) is 11.9. The summed E-state index contributed by atoms with van der Waals surface area (Å²) in [6.07, 6.45) is -1.19. The summed E-state index contributed by atoms with van der Waals surface area (Å²) in [6.45, 7) is 0. The number of amides is 2. The number of hydrogen-bond donors (Lipinski definition) is 2. The molecule has 0 aliphatic carbocycles. The van der Waals surface area contributed by atoms with Crippen LogP contribution in [0, 0.1) is 0 Å². The van der Waals surface area contributed by atoms with Crippen LogP contribution in [0.25, 0.3) is 11.3 Å². The molecule has 3 rings (SSSR count). The Labute approximate surface area is 144 Å². The molecule has 0 saturated heterocycles. The summed E-state index contributed by atoms with van der Waals surface area (Å²) in [5, 5.41) is 6.92. The van der Waals surface area contributed by atoms with Gasteiger partial charge in [-0.3, -0.25) is 10.3 Å². The third-order valence-corrected chi connectivity index (χ3v) is 3.89. The molecule has 2 aromatic heterocycles. The highest BCUT2D eigenvalue weighted by Gasteiger charge is 2.30. The van der Waals surface area contributed by atoms with Crippen molar-refractivity contribution in [3.05, 3.63) is 59.7 Å². The number of nitrogens with zero attached hydrogens (tertiary/aromatic N) is 2. The minimum absolute atomic E-state index is 0.0383. The number of aromatic nitrogens is 2. The topological polar surface area (TPSA) is 66.9 Å². The van der Waals surface area contributed by atoms with Crippen LogP contribution in [0.5, 0.6) is 0 Å². The molecule has 0 radical (unpaired) electrons. The zero-order valence-electron chi connectivity index (χ0n) is 12.5. The zero-order valence-corrected chi connectivity index (χ0v) is 13.4.